The lowest BCUT2D eigenvalue weighted by atomic mass is 10.1. The van der Waals surface area contributed by atoms with Crippen LogP contribution in [0, 0.1) is 6.92 Å². The molecule has 28 heavy (non-hydrogen) atoms. The quantitative estimate of drug-likeness (QED) is 0.641. The van der Waals surface area contributed by atoms with E-state index in [1.807, 2.05) is 61.7 Å². The van der Waals surface area contributed by atoms with Crippen molar-refractivity contribution in [2.75, 3.05) is 18.4 Å². The highest BCUT2D eigenvalue weighted by molar-refractivity contribution is 5.95. The van der Waals surface area contributed by atoms with Crippen molar-refractivity contribution < 1.29 is 4.79 Å². The smallest absolute Gasteiger partial charge is 0.251 e. The van der Waals surface area contributed by atoms with Gasteiger partial charge in [0.2, 0.25) is 0 Å². The normalized spacial score (nSPS) is 13.0. The third-order valence-corrected chi connectivity index (χ3v) is 4.45. The standard InChI is InChI=1S/C21H22N6O/c1-15-12-25-27(14-15)19-8-4-17(5-9-19)20(28)24-13-16-2-6-18(7-3-16)26-21-22-10-11-23-21/h2-9,12,14H,10-11,13H2,1H3,(H,24,28)(H2,22,23,26). The fourth-order valence-corrected chi connectivity index (χ4v) is 2.93. The van der Waals surface area contributed by atoms with Gasteiger partial charge in [-0.1, -0.05) is 12.1 Å². The molecule has 7 nitrogen and oxygen atoms in total. The lowest BCUT2D eigenvalue weighted by molar-refractivity contribution is 0.0951. The fourth-order valence-electron chi connectivity index (χ4n) is 2.93. The summed E-state index contributed by atoms with van der Waals surface area (Å²) in [5, 5.41) is 13.6. The number of guanidine groups is 1. The predicted octanol–water partition coefficient (Wildman–Crippen LogP) is 2.48. The summed E-state index contributed by atoms with van der Waals surface area (Å²) in [6.45, 7) is 4.14. The molecule has 3 aromatic rings. The Kier molecular flexibility index (Phi) is 5.05. The van der Waals surface area contributed by atoms with Crippen LogP contribution in [0.1, 0.15) is 21.5 Å². The van der Waals surface area contributed by atoms with Gasteiger partial charge >= 0.3 is 0 Å². The van der Waals surface area contributed by atoms with Crippen molar-refractivity contribution in [3.63, 3.8) is 0 Å². The van der Waals surface area contributed by atoms with Crippen LogP contribution in [0.2, 0.25) is 0 Å². The molecule has 1 aliphatic rings. The number of carbonyl (C=O) groups is 1. The van der Waals surface area contributed by atoms with Crippen molar-refractivity contribution in [2.24, 2.45) is 4.99 Å². The van der Waals surface area contributed by atoms with E-state index in [9.17, 15) is 4.79 Å². The summed E-state index contributed by atoms with van der Waals surface area (Å²) in [6, 6.07) is 15.3. The van der Waals surface area contributed by atoms with Gasteiger partial charge in [0.25, 0.3) is 5.91 Å². The van der Waals surface area contributed by atoms with E-state index in [0.717, 1.165) is 41.6 Å². The second-order valence-corrected chi connectivity index (χ2v) is 6.67. The number of carbonyl (C=O) groups excluding carboxylic acids is 1. The minimum atomic E-state index is -0.102. The molecule has 3 N–H and O–H groups in total. The van der Waals surface area contributed by atoms with Crippen LogP contribution < -0.4 is 16.0 Å². The summed E-state index contributed by atoms with van der Waals surface area (Å²) < 4.78 is 1.79. The van der Waals surface area contributed by atoms with E-state index in [4.69, 9.17) is 0 Å². The van der Waals surface area contributed by atoms with Gasteiger partial charge in [-0.25, -0.2) is 4.68 Å². The summed E-state index contributed by atoms with van der Waals surface area (Å²) >= 11 is 0. The average molecular weight is 374 g/mol. The number of rotatable bonds is 5. The lowest BCUT2D eigenvalue weighted by Crippen LogP contribution is -2.26. The van der Waals surface area contributed by atoms with Crippen LogP contribution in [0.15, 0.2) is 65.9 Å². The number of aryl methyl sites for hydroxylation is 1. The Bertz CT molecular complexity index is 988. The van der Waals surface area contributed by atoms with Crippen molar-refractivity contribution in [2.45, 2.75) is 13.5 Å². The minimum Gasteiger partial charge on any atom is -0.354 e. The van der Waals surface area contributed by atoms with Gasteiger partial charge in [-0.2, -0.15) is 5.10 Å². The van der Waals surface area contributed by atoms with Gasteiger partial charge in [-0.3, -0.25) is 9.79 Å². The van der Waals surface area contributed by atoms with Gasteiger partial charge in [0.1, 0.15) is 0 Å². The minimum absolute atomic E-state index is 0.102. The second kappa shape index (κ2) is 7.96. The van der Waals surface area contributed by atoms with Crippen LogP contribution in [0.5, 0.6) is 0 Å². The molecule has 0 atom stereocenters. The Labute approximate surface area is 163 Å². The number of aromatic nitrogens is 2. The van der Waals surface area contributed by atoms with Crippen LogP contribution in [-0.4, -0.2) is 34.7 Å². The van der Waals surface area contributed by atoms with Gasteiger partial charge in [0.05, 0.1) is 18.4 Å². The van der Waals surface area contributed by atoms with E-state index in [1.54, 1.807) is 10.9 Å². The zero-order valence-corrected chi connectivity index (χ0v) is 15.6. The van der Waals surface area contributed by atoms with Gasteiger partial charge < -0.3 is 16.0 Å². The molecule has 0 bridgehead atoms. The first kappa shape index (κ1) is 17.8. The van der Waals surface area contributed by atoms with E-state index in [2.05, 4.69) is 26.0 Å². The van der Waals surface area contributed by atoms with Gasteiger partial charge in [-0.15, -0.1) is 0 Å². The van der Waals surface area contributed by atoms with Crippen LogP contribution in [-0.2, 0) is 6.54 Å². The summed E-state index contributed by atoms with van der Waals surface area (Å²) in [7, 11) is 0. The number of amides is 1. The molecule has 1 amide bonds. The number of hydrogen-bond acceptors (Lipinski definition) is 5. The Morgan fingerprint density at radius 3 is 2.57 bits per heavy atom. The highest BCUT2D eigenvalue weighted by Crippen LogP contribution is 2.12. The summed E-state index contributed by atoms with van der Waals surface area (Å²) in [6.07, 6.45) is 3.75. The molecule has 2 aromatic carbocycles. The SMILES string of the molecule is Cc1cnn(-c2ccc(C(=O)NCc3ccc(NC4=NCCN4)cc3)cc2)c1. The van der Waals surface area contributed by atoms with Crippen molar-refractivity contribution in [1.82, 2.24) is 20.4 Å². The van der Waals surface area contributed by atoms with Crippen LogP contribution >= 0.6 is 0 Å². The molecule has 0 aliphatic carbocycles. The molecule has 1 aliphatic heterocycles. The van der Waals surface area contributed by atoms with Crippen molar-refractivity contribution >= 4 is 17.6 Å². The van der Waals surface area contributed by atoms with Crippen LogP contribution in [0.3, 0.4) is 0 Å². The molecule has 7 heteroatoms. The van der Waals surface area contributed by atoms with Gasteiger partial charge in [-0.05, 0) is 54.4 Å². The molecule has 1 aromatic heterocycles. The number of nitrogens with zero attached hydrogens (tertiary/aromatic N) is 3. The molecule has 2 heterocycles. The zero-order valence-electron chi connectivity index (χ0n) is 15.6. The Balaban J connectivity index is 1.32. The Morgan fingerprint density at radius 2 is 1.93 bits per heavy atom. The molecule has 0 fully saturated rings. The average Bonchev–Trinajstić information content (AvgIpc) is 3.39. The molecule has 0 radical (unpaired) electrons. The monoisotopic (exact) mass is 374 g/mol. The van der Waals surface area contributed by atoms with E-state index in [0.29, 0.717) is 12.1 Å². The summed E-state index contributed by atoms with van der Waals surface area (Å²) in [5.41, 5.74) is 4.64. The summed E-state index contributed by atoms with van der Waals surface area (Å²) in [4.78, 5) is 16.7. The maximum Gasteiger partial charge on any atom is 0.251 e. The van der Waals surface area contributed by atoms with Crippen molar-refractivity contribution in [3.05, 3.63) is 77.6 Å². The van der Waals surface area contributed by atoms with E-state index in [1.165, 1.54) is 0 Å². The zero-order chi connectivity index (χ0) is 19.3. The molecule has 142 valence electrons. The second-order valence-electron chi connectivity index (χ2n) is 6.67. The molecule has 4 rings (SSSR count). The maximum absolute atomic E-state index is 12.4. The first-order chi connectivity index (χ1) is 13.7. The predicted molar refractivity (Wildman–Crippen MR) is 110 cm³/mol. The highest BCUT2D eigenvalue weighted by Gasteiger charge is 2.07. The lowest BCUT2D eigenvalue weighted by Gasteiger charge is -2.09. The third-order valence-electron chi connectivity index (χ3n) is 4.45. The molecular weight excluding hydrogens is 352 g/mol. The molecule has 0 saturated heterocycles. The first-order valence-electron chi connectivity index (χ1n) is 9.21. The Hall–Kier alpha value is -3.61. The maximum atomic E-state index is 12.4. The molecule has 0 saturated carbocycles. The largest absolute Gasteiger partial charge is 0.354 e. The molecular formula is C21H22N6O. The number of nitrogens with one attached hydrogen (secondary N) is 3. The topological polar surface area (TPSA) is 83.3 Å². The van der Waals surface area contributed by atoms with Crippen LogP contribution in [0.4, 0.5) is 5.69 Å². The van der Waals surface area contributed by atoms with Gasteiger partial charge in [0.15, 0.2) is 5.96 Å². The van der Waals surface area contributed by atoms with Crippen molar-refractivity contribution in [3.8, 4) is 5.69 Å². The first-order valence-corrected chi connectivity index (χ1v) is 9.21. The van der Waals surface area contributed by atoms with Crippen LogP contribution in [0.25, 0.3) is 5.69 Å². The molecule has 0 unspecified atom stereocenters. The van der Waals surface area contributed by atoms with E-state index in [-0.39, 0.29) is 5.91 Å². The molecule has 0 spiro atoms. The number of anilines is 1. The third kappa shape index (κ3) is 4.20. The fraction of sp³-hybridized carbons (Fsp3) is 0.190. The van der Waals surface area contributed by atoms with E-state index >= 15 is 0 Å². The summed E-state index contributed by atoms with van der Waals surface area (Å²) in [5.74, 6) is 0.699. The number of benzene rings is 2. The Morgan fingerprint density at radius 1 is 1.14 bits per heavy atom. The van der Waals surface area contributed by atoms with Gasteiger partial charge in [0, 0.05) is 30.5 Å². The number of aliphatic imine (C=N–C) groups is 1. The van der Waals surface area contributed by atoms with E-state index < -0.39 is 0 Å². The number of hydrogen-bond donors (Lipinski definition) is 3. The highest BCUT2D eigenvalue weighted by atomic mass is 16.1. The van der Waals surface area contributed by atoms with Crippen molar-refractivity contribution in [1.29, 1.82) is 0 Å².